The van der Waals surface area contributed by atoms with Gasteiger partial charge in [-0.3, -0.25) is 9.59 Å². The number of methoxy groups -OCH3 is 1. The van der Waals surface area contributed by atoms with E-state index < -0.39 is 0 Å². The molecule has 0 spiro atoms. The maximum atomic E-state index is 12.4. The minimum Gasteiger partial charge on any atom is -0.497 e. The molecule has 142 valence electrons. The summed E-state index contributed by atoms with van der Waals surface area (Å²) in [5.41, 5.74) is 1.78. The average Bonchev–Trinajstić information content (AvgIpc) is 3.05. The SMILES string of the molecule is COc1ccc(CCN2C[C@H](NC(=O)c3ccc(SC)cc3)CC2=O)cc1. The smallest absolute Gasteiger partial charge is 0.251 e. The Morgan fingerprint density at radius 1 is 1.19 bits per heavy atom. The Bertz CT molecular complexity index is 790. The lowest BCUT2D eigenvalue weighted by molar-refractivity contribution is -0.127. The van der Waals surface area contributed by atoms with Crippen molar-refractivity contribution in [1.82, 2.24) is 10.2 Å². The molecule has 2 aromatic rings. The third-order valence-electron chi connectivity index (χ3n) is 4.73. The summed E-state index contributed by atoms with van der Waals surface area (Å²) in [4.78, 5) is 27.6. The fourth-order valence-electron chi connectivity index (χ4n) is 3.15. The van der Waals surface area contributed by atoms with Gasteiger partial charge in [-0.1, -0.05) is 12.1 Å². The van der Waals surface area contributed by atoms with Crippen LogP contribution >= 0.6 is 11.8 Å². The van der Waals surface area contributed by atoms with Crippen molar-refractivity contribution in [2.45, 2.75) is 23.8 Å². The Balaban J connectivity index is 1.50. The van der Waals surface area contributed by atoms with Gasteiger partial charge in [0.25, 0.3) is 5.91 Å². The van der Waals surface area contributed by atoms with Gasteiger partial charge in [0.1, 0.15) is 5.75 Å². The van der Waals surface area contributed by atoms with E-state index in [4.69, 9.17) is 4.74 Å². The standard InChI is InChI=1S/C21H24N2O3S/c1-26-18-7-3-15(4-8-18)11-12-23-14-17(13-20(23)24)22-21(25)16-5-9-19(27-2)10-6-16/h3-10,17H,11-14H2,1-2H3,(H,22,25)/t17-/m1/s1. The number of hydrogen-bond donors (Lipinski definition) is 1. The van der Waals surface area contributed by atoms with Crippen molar-refractivity contribution in [1.29, 1.82) is 0 Å². The highest BCUT2D eigenvalue weighted by molar-refractivity contribution is 7.98. The Labute approximate surface area is 164 Å². The highest BCUT2D eigenvalue weighted by atomic mass is 32.2. The summed E-state index contributed by atoms with van der Waals surface area (Å²) in [6.45, 7) is 1.21. The normalized spacial score (nSPS) is 16.4. The van der Waals surface area contributed by atoms with Gasteiger partial charge >= 0.3 is 0 Å². The van der Waals surface area contributed by atoms with Crippen molar-refractivity contribution in [3.05, 3.63) is 59.7 Å². The molecule has 0 unspecified atom stereocenters. The van der Waals surface area contributed by atoms with Gasteiger partial charge in [-0.15, -0.1) is 11.8 Å². The zero-order valence-electron chi connectivity index (χ0n) is 15.6. The van der Waals surface area contributed by atoms with Crippen LogP contribution in [0.4, 0.5) is 0 Å². The number of thioether (sulfide) groups is 1. The number of likely N-dealkylation sites (tertiary alicyclic amines) is 1. The van der Waals surface area contributed by atoms with Crippen LogP contribution in [0.5, 0.6) is 5.75 Å². The van der Waals surface area contributed by atoms with Crippen molar-refractivity contribution in [3.8, 4) is 5.75 Å². The maximum Gasteiger partial charge on any atom is 0.251 e. The Hall–Kier alpha value is -2.47. The van der Waals surface area contributed by atoms with Gasteiger partial charge < -0.3 is 15.0 Å². The summed E-state index contributed by atoms with van der Waals surface area (Å²) >= 11 is 1.64. The highest BCUT2D eigenvalue weighted by Gasteiger charge is 2.30. The maximum absolute atomic E-state index is 12.4. The van der Waals surface area contributed by atoms with Crippen molar-refractivity contribution in [2.24, 2.45) is 0 Å². The summed E-state index contributed by atoms with van der Waals surface area (Å²) < 4.78 is 5.16. The highest BCUT2D eigenvalue weighted by Crippen LogP contribution is 2.17. The summed E-state index contributed by atoms with van der Waals surface area (Å²) in [6, 6.07) is 15.2. The number of carbonyl (C=O) groups excluding carboxylic acids is 2. The van der Waals surface area contributed by atoms with Crippen LogP contribution in [0.3, 0.4) is 0 Å². The molecular formula is C21H24N2O3S. The van der Waals surface area contributed by atoms with Gasteiger partial charge in [0, 0.05) is 30.0 Å². The number of ether oxygens (including phenoxy) is 1. The number of benzene rings is 2. The topological polar surface area (TPSA) is 58.6 Å². The fourth-order valence-corrected chi connectivity index (χ4v) is 3.56. The monoisotopic (exact) mass is 384 g/mol. The van der Waals surface area contributed by atoms with E-state index in [0.29, 0.717) is 25.1 Å². The first-order valence-corrected chi connectivity index (χ1v) is 10.2. The molecule has 0 aliphatic carbocycles. The van der Waals surface area contributed by atoms with Crippen LogP contribution in [0.2, 0.25) is 0 Å². The second kappa shape index (κ2) is 8.95. The lowest BCUT2D eigenvalue weighted by Gasteiger charge is -2.17. The van der Waals surface area contributed by atoms with E-state index in [-0.39, 0.29) is 17.9 Å². The van der Waals surface area contributed by atoms with Crippen LogP contribution in [0.25, 0.3) is 0 Å². The van der Waals surface area contributed by atoms with Gasteiger partial charge in [-0.2, -0.15) is 0 Å². The summed E-state index contributed by atoms with van der Waals surface area (Å²) in [5, 5.41) is 2.98. The number of rotatable bonds is 7. The van der Waals surface area contributed by atoms with Crippen molar-refractivity contribution in [3.63, 3.8) is 0 Å². The minimum atomic E-state index is -0.138. The molecule has 1 saturated heterocycles. The van der Waals surface area contributed by atoms with E-state index in [9.17, 15) is 9.59 Å². The molecule has 0 radical (unpaired) electrons. The molecule has 1 aliphatic heterocycles. The van der Waals surface area contributed by atoms with Crippen LogP contribution < -0.4 is 10.1 Å². The summed E-state index contributed by atoms with van der Waals surface area (Å²) in [5.74, 6) is 0.785. The van der Waals surface area contributed by atoms with E-state index in [1.807, 2.05) is 59.7 Å². The number of nitrogens with one attached hydrogen (secondary N) is 1. The molecule has 2 amide bonds. The Morgan fingerprint density at radius 2 is 1.89 bits per heavy atom. The van der Waals surface area contributed by atoms with Gasteiger partial charge in [0.2, 0.25) is 5.91 Å². The lowest BCUT2D eigenvalue weighted by Crippen LogP contribution is -2.37. The second-order valence-electron chi connectivity index (χ2n) is 6.54. The second-order valence-corrected chi connectivity index (χ2v) is 7.42. The van der Waals surface area contributed by atoms with Crippen molar-refractivity contribution < 1.29 is 14.3 Å². The first kappa shape index (κ1) is 19.3. The van der Waals surface area contributed by atoms with Gasteiger partial charge in [-0.05, 0) is 54.6 Å². The molecular weight excluding hydrogens is 360 g/mol. The molecule has 1 fully saturated rings. The first-order chi connectivity index (χ1) is 13.1. The number of hydrogen-bond acceptors (Lipinski definition) is 4. The predicted octanol–water partition coefficient (Wildman–Crippen LogP) is 2.99. The number of amides is 2. The fraction of sp³-hybridized carbons (Fsp3) is 0.333. The minimum absolute atomic E-state index is 0.0894. The van der Waals surface area contributed by atoms with Crippen LogP contribution in [0.1, 0.15) is 22.3 Å². The summed E-state index contributed by atoms with van der Waals surface area (Å²) in [7, 11) is 1.64. The third-order valence-corrected chi connectivity index (χ3v) is 5.47. The van der Waals surface area contributed by atoms with Crippen LogP contribution in [-0.4, -0.2) is 49.2 Å². The molecule has 0 bridgehead atoms. The molecule has 3 rings (SSSR count). The summed E-state index contributed by atoms with van der Waals surface area (Å²) in [6.07, 6.45) is 3.14. The van der Waals surface area contributed by atoms with Crippen LogP contribution in [0.15, 0.2) is 53.4 Å². The van der Waals surface area contributed by atoms with Gasteiger partial charge in [0.05, 0.1) is 13.2 Å². The van der Waals surface area contributed by atoms with Crippen LogP contribution in [-0.2, 0) is 11.2 Å². The van der Waals surface area contributed by atoms with E-state index in [0.717, 1.165) is 22.6 Å². The molecule has 1 aliphatic rings. The Kier molecular flexibility index (Phi) is 6.40. The van der Waals surface area contributed by atoms with Crippen LogP contribution in [0, 0.1) is 0 Å². The Morgan fingerprint density at radius 3 is 2.52 bits per heavy atom. The van der Waals surface area contributed by atoms with Gasteiger partial charge in [-0.25, -0.2) is 0 Å². The molecule has 0 saturated carbocycles. The van der Waals surface area contributed by atoms with E-state index in [2.05, 4.69) is 5.32 Å². The molecule has 2 aromatic carbocycles. The number of nitrogens with zero attached hydrogens (tertiary/aromatic N) is 1. The van der Waals surface area contributed by atoms with Crippen molar-refractivity contribution >= 4 is 23.6 Å². The third kappa shape index (κ3) is 5.04. The molecule has 27 heavy (non-hydrogen) atoms. The molecule has 1 N–H and O–H groups in total. The van der Waals surface area contributed by atoms with Gasteiger partial charge in [0.15, 0.2) is 0 Å². The number of carbonyl (C=O) groups is 2. The quantitative estimate of drug-likeness (QED) is 0.746. The lowest BCUT2D eigenvalue weighted by atomic mass is 10.1. The van der Waals surface area contributed by atoms with E-state index in [1.165, 1.54) is 0 Å². The van der Waals surface area contributed by atoms with Crippen molar-refractivity contribution in [2.75, 3.05) is 26.5 Å². The largest absolute Gasteiger partial charge is 0.497 e. The first-order valence-electron chi connectivity index (χ1n) is 8.94. The zero-order chi connectivity index (χ0) is 19.2. The average molecular weight is 385 g/mol. The molecule has 5 nitrogen and oxygen atoms in total. The molecule has 6 heteroatoms. The van der Waals surface area contributed by atoms with E-state index >= 15 is 0 Å². The zero-order valence-corrected chi connectivity index (χ0v) is 16.4. The molecule has 1 heterocycles. The van der Waals surface area contributed by atoms with E-state index in [1.54, 1.807) is 18.9 Å². The molecule has 1 atom stereocenters. The molecule has 0 aromatic heterocycles. The predicted molar refractivity (Wildman–Crippen MR) is 107 cm³/mol.